The Balaban J connectivity index is 2.66. The molecular formula is C16H22N6O3S. The monoisotopic (exact) mass is 378 g/mol. The number of hydrazone groups is 1. The average molecular weight is 378 g/mol. The van der Waals surface area contributed by atoms with Gasteiger partial charge in [0.25, 0.3) is 5.56 Å². The van der Waals surface area contributed by atoms with Crippen molar-refractivity contribution in [2.45, 2.75) is 46.2 Å². The number of H-pyrrole nitrogens is 1. The van der Waals surface area contributed by atoms with Crippen LogP contribution >= 0.6 is 11.3 Å². The number of aryl methyl sites for hydroxylation is 1. The second-order valence-electron chi connectivity index (χ2n) is 6.57. The Hall–Kier alpha value is -2.75. The van der Waals surface area contributed by atoms with Crippen LogP contribution in [0, 0.1) is 12.3 Å². The molecule has 2 rings (SSSR count). The summed E-state index contributed by atoms with van der Waals surface area (Å²) in [6.07, 6.45) is 2.27. The first-order chi connectivity index (χ1) is 12.1. The number of aromatic nitrogens is 2. The van der Waals surface area contributed by atoms with Crippen LogP contribution in [0.2, 0.25) is 0 Å². The molecule has 0 aliphatic carbocycles. The van der Waals surface area contributed by atoms with Gasteiger partial charge in [-0.3, -0.25) is 20.0 Å². The van der Waals surface area contributed by atoms with Gasteiger partial charge in [-0.05, 0) is 34.6 Å². The number of nitrogens with zero attached hydrogens (tertiary/aromatic N) is 2. The summed E-state index contributed by atoms with van der Waals surface area (Å²) >= 11 is 1.17. The maximum atomic E-state index is 13.0. The maximum Gasteiger partial charge on any atom is 0.330 e. The van der Waals surface area contributed by atoms with E-state index >= 15 is 0 Å². The summed E-state index contributed by atoms with van der Waals surface area (Å²) in [6.45, 7) is 8.40. The second-order valence-corrected chi connectivity index (χ2v) is 7.60. The first-order valence-corrected chi connectivity index (χ1v) is 8.81. The van der Waals surface area contributed by atoms with Gasteiger partial charge in [-0.2, -0.15) is 5.10 Å². The summed E-state index contributed by atoms with van der Waals surface area (Å²) < 4.78 is 0.942. The van der Waals surface area contributed by atoms with Crippen molar-refractivity contribution in [2.75, 3.05) is 5.43 Å². The highest BCUT2D eigenvalue weighted by atomic mass is 32.1. The molecule has 0 spiro atoms. The molecule has 0 atom stereocenters. The van der Waals surface area contributed by atoms with Gasteiger partial charge >= 0.3 is 5.69 Å². The van der Waals surface area contributed by atoms with Gasteiger partial charge in [0.1, 0.15) is 15.4 Å². The third kappa shape index (κ3) is 3.45. The van der Waals surface area contributed by atoms with Crippen molar-refractivity contribution < 1.29 is 4.79 Å². The zero-order valence-corrected chi connectivity index (χ0v) is 16.1. The van der Waals surface area contributed by atoms with Crippen molar-refractivity contribution in [3.63, 3.8) is 0 Å². The minimum atomic E-state index is -1.36. The Bertz CT molecular complexity index is 996. The van der Waals surface area contributed by atoms with Crippen LogP contribution in [0.4, 0.5) is 5.00 Å². The molecule has 0 bridgehead atoms. The minimum Gasteiger partial charge on any atom is -0.352 e. The molecular weight excluding hydrogens is 356 g/mol. The van der Waals surface area contributed by atoms with E-state index in [0.29, 0.717) is 20.8 Å². The number of nitrogens with one attached hydrogen (secondary N) is 4. The topological polar surface area (TPSA) is 132 Å². The third-order valence-electron chi connectivity index (χ3n) is 3.84. The molecule has 2 aromatic rings. The number of anilines is 1. The van der Waals surface area contributed by atoms with Crippen LogP contribution in [-0.4, -0.2) is 33.9 Å². The Morgan fingerprint density at radius 3 is 2.62 bits per heavy atom. The molecule has 0 saturated carbocycles. The lowest BCUT2D eigenvalue weighted by Gasteiger charge is -2.26. The molecule has 2 heterocycles. The van der Waals surface area contributed by atoms with E-state index in [9.17, 15) is 14.4 Å². The largest absolute Gasteiger partial charge is 0.352 e. The van der Waals surface area contributed by atoms with Crippen LogP contribution in [0.25, 0.3) is 10.2 Å². The summed E-state index contributed by atoms with van der Waals surface area (Å²) in [7, 11) is 0. The zero-order chi connectivity index (χ0) is 19.6. The van der Waals surface area contributed by atoms with E-state index in [4.69, 9.17) is 5.41 Å². The number of aromatic amines is 1. The number of rotatable bonds is 6. The highest BCUT2D eigenvalue weighted by molar-refractivity contribution is 7.22. The van der Waals surface area contributed by atoms with Crippen LogP contribution in [0.3, 0.4) is 0 Å². The molecule has 0 saturated heterocycles. The van der Waals surface area contributed by atoms with E-state index in [-0.39, 0.29) is 6.04 Å². The molecule has 0 aromatic carbocycles. The summed E-state index contributed by atoms with van der Waals surface area (Å²) in [5, 5.41) is 14.4. The summed E-state index contributed by atoms with van der Waals surface area (Å²) in [5.74, 6) is -0.415. The molecule has 26 heavy (non-hydrogen) atoms. The van der Waals surface area contributed by atoms with Crippen molar-refractivity contribution in [1.82, 2.24) is 14.9 Å². The fourth-order valence-electron chi connectivity index (χ4n) is 2.50. The van der Waals surface area contributed by atoms with E-state index in [0.717, 1.165) is 10.8 Å². The van der Waals surface area contributed by atoms with Crippen LogP contribution < -0.4 is 22.0 Å². The number of hydrogen-bond donors (Lipinski definition) is 4. The van der Waals surface area contributed by atoms with Crippen molar-refractivity contribution in [1.29, 1.82) is 5.41 Å². The SMILES string of the molecule is Cc1c(N/N=C\C=N)sc2[nH]c(=O)n(C(C)(C)C(=O)NC(C)C)c(=O)c12. The minimum absolute atomic E-state index is 0.120. The number of hydrogen-bond acceptors (Lipinski definition) is 7. The number of carbonyl (C=O) groups is 1. The lowest BCUT2D eigenvalue weighted by atomic mass is 10.0. The molecule has 140 valence electrons. The van der Waals surface area contributed by atoms with E-state index in [1.807, 2.05) is 0 Å². The summed E-state index contributed by atoms with van der Waals surface area (Å²) in [5.41, 5.74) is 0.812. The van der Waals surface area contributed by atoms with Gasteiger partial charge in [-0.15, -0.1) is 0 Å². The fraction of sp³-hybridized carbons (Fsp3) is 0.438. The molecule has 0 radical (unpaired) electrons. The molecule has 0 aliphatic rings. The van der Waals surface area contributed by atoms with Gasteiger partial charge in [0.2, 0.25) is 5.91 Å². The van der Waals surface area contributed by atoms with Gasteiger partial charge in [0.15, 0.2) is 0 Å². The van der Waals surface area contributed by atoms with Crippen molar-refractivity contribution in [3.8, 4) is 0 Å². The molecule has 0 fully saturated rings. The quantitative estimate of drug-likeness (QED) is 0.446. The van der Waals surface area contributed by atoms with Crippen LogP contribution in [0.5, 0.6) is 0 Å². The molecule has 1 amide bonds. The summed E-state index contributed by atoms with van der Waals surface area (Å²) in [4.78, 5) is 41.1. The van der Waals surface area contributed by atoms with Crippen molar-refractivity contribution >= 4 is 44.9 Å². The standard InChI is InChI=1S/C16H22N6O3S/c1-8(2)19-14(24)16(4,5)22-13(23)10-9(3)11(21-18-7-6-17)26-12(10)20-15(22)25/h6-8,17,21H,1-5H3,(H,19,24)(H,20,25)/b17-6?,18-7-. The van der Waals surface area contributed by atoms with Gasteiger partial charge in [0.05, 0.1) is 11.6 Å². The predicted molar refractivity (Wildman–Crippen MR) is 105 cm³/mol. The first-order valence-electron chi connectivity index (χ1n) is 7.99. The smallest absolute Gasteiger partial charge is 0.330 e. The van der Waals surface area contributed by atoms with Crippen LogP contribution in [0.1, 0.15) is 33.3 Å². The Morgan fingerprint density at radius 2 is 2.04 bits per heavy atom. The van der Waals surface area contributed by atoms with Gasteiger partial charge in [-0.25, -0.2) is 9.36 Å². The Morgan fingerprint density at radius 1 is 1.38 bits per heavy atom. The summed E-state index contributed by atoms with van der Waals surface area (Å²) in [6, 6.07) is -0.120. The van der Waals surface area contributed by atoms with Crippen LogP contribution in [0.15, 0.2) is 14.7 Å². The molecule has 0 unspecified atom stereocenters. The number of thiophene rings is 1. The highest BCUT2D eigenvalue weighted by Gasteiger charge is 2.34. The molecule has 4 N–H and O–H groups in total. The maximum absolute atomic E-state index is 13.0. The van der Waals surface area contributed by atoms with Crippen molar-refractivity contribution in [2.24, 2.45) is 5.10 Å². The van der Waals surface area contributed by atoms with E-state index in [1.165, 1.54) is 31.4 Å². The molecule has 2 aromatic heterocycles. The lowest BCUT2D eigenvalue weighted by molar-refractivity contribution is -0.129. The van der Waals surface area contributed by atoms with E-state index in [1.54, 1.807) is 20.8 Å². The second kappa shape index (κ2) is 7.24. The molecule has 9 nitrogen and oxygen atoms in total. The number of carbonyl (C=O) groups excluding carboxylic acids is 1. The molecule has 0 aliphatic heterocycles. The van der Waals surface area contributed by atoms with E-state index in [2.05, 4.69) is 20.8 Å². The Kier molecular flexibility index (Phi) is 5.45. The molecule has 10 heteroatoms. The zero-order valence-electron chi connectivity index (χ0n) is 15.3. The Labute approximate surface area is 153 Å². The first kappa shape index (κ1) is 19.6. The average Bonchev–Trinajstić information content (AvgIpc) is 2.82. The fourth-order valence-corrected chi connectivity index (χ4v) is 3.54. The van der Waals surface area contributed by atoms with Crippen LogP contribution in [-0.2, 0) is 10.3 Å². The highest BCUT2D eigenvalue weighted by Crippen LogP contribution is 2.31. The number of fused-ring (bicyclic) bond motifs is 1. The van der Waals surface area contributed by atoms with Crippen molar-refractivity contribution in [3.05, 3.63) is 26.4 Å². The third-order valence-corrected chi connectivity index (χ3v) is 4.95. The van der Waals surface area contributed by atoms with Gasteiger partial charge in [-0.1, -0.05) is 11.3 Å². The lowest BCUT2D eigenvalue weighted by Crippen LogP contribution is -2.55. The predicted octanol–water partition coefficient (Wildman–Crippen LogP) is 1.37. The van der Waals surface area contributed by atoms with Gasteiger partial charge < -0.3 is 10.7 Å². The van der Waals surface area contributed by atoms with Gasteiger partial charge in [0, 0.05) is 17.8 Å². The van der Waals surface area contributed by atoms with E-state index < -0.39 is 22.7 Å². The number of amides is 1. The normalized spacial score (nSPS) is 12.1.